The molecule has 3 aromatic rings. The van der Waals surface area contributed by atoms with Crippen LogP contribution >= 0.6 is 15.9 Å². The number of ether oxygens (including phenoxy) is 1. The van der Waals surface area contributed by atoms with Gasteiger partial charge in [0.25, 0.3) is 11.5 Å². The number of aromatic amines is 1. The third-order valence-electron chi connectivity index (χ3n) is 5.64. The lowest BCUT2D eigenvalue weighted by Gasteiger charge is -2.21. The van der Waals surface area contributed by atoms with Crippen molar-refractivity contribution in [3.8, 4) is 5.75 Å². The fourth-order valence-corrected chi connectivity index (χ4v) is 4.27. The standard InChI is InChI=1S/C24H18BrF2N5O3/c25-17-11-28-22-20(29-12-30-22)21(17)35-19-8-5-14(10-18(19)27)31-23(33)16-2-1-9-32(24(16)34)15-6-3-13(26)4-7-15/h1-4,6,8-12,14-15H,5,7H2,(H,31,33)(H,28,29,30). The van der Waals surface area contributed by atoms with Gasteiger partial charge in [0, 0.05) is 12.4 Å². The van der Waals surface area contributed by atoms with E-state index in [9.17, 15) is 18.4 Å². The Labute approximate surface area is 205 Å². The quantitative estimate of drug-likeness (QED) is 0.493. The molecular formula is C24H18BrF2N5O3. The van der Waals surface area contributed by atoms with Crippen LogP contribution in [0, 0.1) is 0 Å². The molecule has 2 N–H and O–H groups in total. The predicted molar refractivity (Wildman–Crippen MR) is 128 cm³/mol. The van der Waals surface area contributed by atoms with Crippen molar-refractivity contribution in [3.05, 3.63) is 99.0 Å². The summed E-state index contributed by atoms with van der Waals surface area (Å²) in [5, 5.41) is 2.67. The summed E-state index contributed by atoms with van der Waals surface area (Å²) in [7, 11) is 0. The van der Waals surface area contributed by atoms with E-state index < -0.39 is 29.4 Å². The first-order valence-electron chi connectivity index (χ1n) is 10.7. The number of imidazole rings is 1. The lowest BCUT2D eigenvalue weighted by molar-refractivity contribution is 0.0941. The van der Waals surface area contributed by atoms with Crippen molar-refractivity contribution in [3.63, 3.8) is 0 Å². The lowest BCUT2D eigenvalue weighted by atomic mass is 10.1. The van der Waals surface area contributed by atoms with Crippen molar-refractivity contribution in [1.82, 2.24) is 24.8 Å². The van der Waals surface area contributed by atoms with Crippen LogP contribution < -0.4 is 15.6 Å². The first-order chi connectivity index (χ1) is 16.9. The number of carbonyl (C=O) groups is 1. The second-order valence-corrected chi connectivity index (χ2v) is 8.78. The van der Waals surface area contributed by atoms with Gasteiger partial charge in [-0.15, -0.1) is 0 Å². The highest BCUT2D eigenvalue weighted by atomic mass is 79.9. The second-order valence-electron chi connectivity index (χ2n) is 7.92. The topological polar surface area (TPSA) is 102 Å². The van der Waals surface area contributed by atoms with Crippen LogP contribution in [0.1, 0.15) is 29.2 Å². The van der Waals surface area contributed by atoms with Crippen LogP contribution in [0.2, 0.25) is 0 Å². The Bertz CT molecular complexity index is 1500. The maximum atomic E-state index is 14.9. The molecule has 0 fully saturated rings. The number of allylic oxidation sites excluding steroid dienone is 5. The van der Waals surface area contributed by atoms with E-state index in [4.69, 9.17) is 4.74 Å². The number of hydrogen-bond acceptors (Lipinski definition) is 5. The molecule has 0 bridgehead atoms. The maximum absolute atomic E-state index is 14.9. The van der Waals surface area contributed by atoms with Crippen LogP contribution in [0.3, 0.4) is 0 Å². The molecule has 0 aliphatic heterocycles. The molecule has 0 radical (unpaired) electrons. The van der Waals surface area contributed by atoms with Crippen molar-refractivity contribution in [1.29, 1.82) is 0 Å². The van der Waals surface area contributed by atoms with Gasteiger partial charge in [-0.25, -0.2) is 18.7 Å². The van der Waals surface area contributed by atoms with Crippen LogP contribution in [-0.4, -0.2) is 31.5 Å². The Morgan fingerprint density at radius 1 is 1.26 bits per heavy atom. The molecule has 0 spiro atoms. The van der Waals surface area contributed by atoms with Gasteiger partial charge in [0.1, 0.15) is 16.9 Å². The molecule has 2 aliphatic rings. The van der Waals surface area contributed by atoms with E-state index >= 15 is 0 Å². The normalized spacial score (nSPS) is 19.7. The molecule has 0 saturated carbocycles. The minimum Gasteiger partial charge on any atom is -0.451 e. The summed E-state index contributed by atoms with van der Waals surface area (Å²) in [6.45, 7) is 0. The van der Waals surface area contributed by atoms with Gasteiger partial charge in [-0.05, 0) is 65.2 Å². The van der Waals surface area contributed by atoms with Crippen LogP contribution in [0.15, 0.2) is 87.9 Å². The van der Waals surface area contributed by atoms with Gasteiger partial charge in [-0.2, -0.15) is 0 Å². The highest BCUT2D eigenvalue weighted by Gasteiger charge is 2.23. The number of amides is 1. The molecule has 0 aromatic carbocycles. The highest BCUT2D eigenvalue weighted by Crippen LogP contribution is 2.34. The van der Waals surface area contributed by atoms with E-state index in [-0.39, 0.29) is 23.6 Å². The monoisotopic (exact) mass is 541 g/mol. The summed E-state index contributed by atoms with van der Waals surface area (Å²) in [6.07, 6.45) is 12.1. The van der Waals surface area contributed by atoms with Crippen LogP contribution in [-0.2, 0) is 0 Å². The number of nitrogens with zero attached hydrogens (tertiary/aromatic N) is 3. The lowest BCUT2D eigenvalue weighted by Crippen LogP contribution is -2.39. The molecule has 1 amide bonds. The fraction of sp³-hybridized carbons (Fsp3) is 0.167. The second kappa shape index (κ2) is 9.41. The molecule has 2 unspecified atom stereocenters. The minimum atomic E-state index is -0.678. The van der Waals surface area contributed by atoms with Crippen molar-refractivity contribution >= 4 is 33.0 Å². The predicted octanol–water partition coefficient (Wildman–Crippen LogP) is 4.55. The maximum Gasteiger partial charge on any atom is 0.263 e. The molecule has 3 aromatic heterocycles. The number of H-pyrrole nitrogens is 1. The Morgan fingerprint density at radius 2 is 2.11 bits per heavy atom. The molecule has 3 heterocycles. The molecule has 5 rings (SSSR count). The Balaban J connectivity index is 1.29. The number of fused-ring (bicyclic) bond motifs is 1. The average molecular weight is 542 g/mol. The Hall–Kier alpha value is -3.86. The summed E-state index contributed by atoms with van der Waals surface area (Å²) < 4.78 is 35.8. The number of pyridine rings is 2. The molecule has 178 valence electrons. The van der Waals surface area contributed by atoms with Gasteiger partial charge in [-0.3, -0.25) is 9.59 Å². The van der Waals surface area contributed by atoms with E-state index in [2.05, 4.69) is 36.2 Å². The average Bonchev–Trinajstić information content (AvgIpc) is 3.32. The first-order valence-corrected chi connectivity index (χ1v) is 11.5. The number of halogens is 3. The molecule has 11 heteroatoms. The smallest absolute Gasteiger partial charge is 0.263 e. The van der Waals surface area contributed by atoms with Crippen molar-refractivity contribution < 1.29 is 18.3 Å². The van der Waals surface area contributed by atoms with Crippen LogP contribution in [0.5, 0.6) is 5.75 Å². The third kappa shape index (κ3) is 4.59. The fourth-order valence-electron chi connectivity index (χ4n) is 3.89. The number of carbonyl (C=O) groups excluding carboxylic acids is 1. The van der Waals surface area contributed by atoms with Crippen LogP contribution in [0.25, 0.3) is 11.2 Å². The van der Waals surface area contributed by atoms with E-state index in [1.54, 1.807) is 18.3 Å². The van der Waals surface area contributed by atoms with Crippen molar-refractivity contribution in [2.24, 2.45) is 0 Å². The molecule has 2 atom stereocenters. The molecule has 0 saturated heterocycles. The van der Waals surface area contributed by atoms with E-state index in [1.807, 2.05) is 0 Å². The third-order valence-corrected chi connectivity index (χ3v) is 6.21. The highest BCUT2D eigenvalue weighted by molar-refractivity contribution is 9.10. The van der Waals surface area contributed by atoms with Gasteiger partial charge >= 0.3 is 0 Å². The van der Waals surface area contributed by atoms with Gasteiger partial charge in [0.15, 0.2) is 23.0 Å². The zero-order chi connectivity index (χ0) is 24.5. The van der Waals surface area contributed by atoms with Gasteiger partial charge in [0.2, 0.25) is 0 Å². The summed E-state index contributed by atoms with van der Waals surface area (Å²) in [5.74, 6) is -1.33. The number of rotatable bonds is 5. The van der Waals surface area contributed by atoms with E-state index in [0.717, 1.165) is 0 Å². The summed E-state index contributed by atoms with van der Waals surface area (Å²) >= 11 is 3.34. The molecule has 8 nitrogen and oxygen atoms in total. The van der Waals surface area contributed by atoms with Crippen molar-refractivity contribution in [2.45, 2.75) is 24.9 Å². The van der Waals surface area contributed by atoms with Gasteiger partial charge in [-0.1, -0.05) is 6.08 Å². The summed E-state index contributed by atoms with van der Waals surface area (Å²) in [4.78, 5) is 36.8. The summed E-state index contributed by atoms with van der Waals surface area (Å²) in [6, 6.07) is 1.91. The number of hydrogen-bond donors (Lipinski definition) is 2. The number of aromatic nitrogens is 4. The SMILES string of the molecule is O=C(NC1C=C(F)C(Oc2c(Br)cnc3nc[nH]c23)=CC1)c1cccn(C2C=CC(F)=CC2)c1=O. The molecular weight excluding hydrogens is 524 g/mol. The molecule has 2 aliphatic carbocycles. The zero-order valence-corrected chi connectivity index (χ0v) is 19.6. The summed E-state index contributed by atoms with van der Waals surface area (Å²) in [5.41, 5.74) is 0.335. The Morgan fingerprint density at radius 3 is 2.89 bits per heavy atom. The number of nitrogens with one attached hydrogen (secondary N) is 2. The minimum absolute atomic E-state index is 0.00950. The van der Waals surface area contributed by atoms with Gasteiger partial charge < -0.3 is 19.6 Å². The van der Waals surface area contributed by atoms with E-state index in [0.29, 0.717) is 27.8 Å². The Kier molecular flexibility index (Phi) is 6.16. The van der Waals surface area contributed by atoms with Gasteiger partial charge in [0.05, 0.1) is 22.9 Å². The largest absolute Gasteiger partial charge is 0.451 e. The molecule has 35 heavy (non-hydrogen) atoms. The zero-order valence-electron chi connectivity index (χ0n) is 18.0. The van der Waals surface area contributed by atoms with E-state index in [1.165, 1.54) is 47.5 Å². The van der Waals surface area contributed by atoms with Crippen molar-refractivity contribution in [2.75, 3.05) is 0 Å². The van der Waals surface area contributed by atoms with Crippen LogP contribution in [0.4, 0.5) is 8.78 Å². The first kappa shape index (κ1) is 22.9.